The summed E-state index contributed by atoms with van der Waals surface area (Å²) in [5, 5.41) is 0. The Kier molecular flexibility index (Phi) is 3.87. The van der Waals surface area contributed by atoms with Gasteiger partial charge < -0.3 is 0 Å². The lowest BCUT2D eigenvalue weighted by Crippen LogP contribution is -2.45. The van der Waals surface area contributed by atoms with Crippen LogP contribution in [0.5, 0.6) is 0 Å². The first kappa shape index (κ1) is 15.0. The summed E-state index contributed by atoms with van der Waals surface area (Å²) in [6.45, 7) is 4.76. The zero-order valence-corrected chi connectivity index (χ0v) is 15.0. The van der Waals surface area contributed by atoms with Crippen molar-refractivity contribution in [2.45, 2.75) is 83.5 Å². The third-order valence-corrected chi connectivity index (χ3v) is 9.15. The van der Waals surface area contributed by atoms with Gasteiger partial charge in [0.25, 0.3) is 0 Å². The Labute approximate surface area is 143 Å². The third-order valence-electron chi connectivity index (χ3n) is 9.15. The first-order chi connectivity index (χ1) is 11.3. The highest BCUT2D eigenvalue weighted by Gasteiger charge is 2.49. The highest BCUT2D eigenvalue weighted by Crippen LogP contribution is 2.59. The molecule has 0 aromatic heterocycles. The van der Waals surface area contributed by atoms with Crippen LogP contribution in [0.25, 0.3) is 0 Å². The van der Waals surface area contributed by atoms with Crippen molar-refractivity contribution in [3.63, 3.8) is 0 Å². The molecule has 5 fully saturated rings. The lowest BCUT2D eigenvalue weighted by molar-refractivity contribution is 0.00384. The Morgan fingerprint density at radius 1 is 0.478 bits per heavy atom. The fourth-order valence-electron chi connectivity index (χ4n) is 8.05. The molecule has 0 heterocycles. The predicted octanol–water partition coefficient (Wildman–Crippen LogP) is 6.61. The number of hydrogen-bond donors (Lipinski definition) is 0. The van der Waals surface area contributed by atoms with E-state index in [2.05, 4.69) is 0 Å². The molecule has 0 radical (unpaired) electrons. The van der Waals surface area contributed by atoms with E-state index >= 15 is 0 Å². The SMILES string of the molecule is C=C1C2CC3CCCCC3CC2CC2CC3CCCCC3CC12. The zero-order valence-electron chi connectivity index (χ0n) is 15.0. The van der Waals surface area contributed by atoms with Gasteiger partial charge in [0.05, 0.1) is 0 Å². The second-order valence-electron chi connectivity index (χ2n) is 10.1. The van der Waals surface area contributed by atoms with Crippen molar-refractivity contribution in [2.75, 3.05) is 0 Å². The molecular formula is C23H36. The van der Waals surface area contributed by atoms with E-state index in [1.54, 1.807) is 50.5 Å². The van der Waals surface area contributed by atoms with Crippen molar-refractivity contribution in [3.8, 4) is 0 Å². The number of rotatable bonds is 0. The fraction of sp³-hybridized carbons (Fsp3) is 0.913. The van der Waals surface area contributed by atoms with Crippen molar-refractivity contribution in [2.24, 2.45) is 47.3 Å². The second-order valence-corrected chi connectivity index (χ2v) is 10.1. The van der Waals surface area contributed by atoms with E-state index < -0.39 is 0 Å². The maximum atomic E-state index is 4.76. The quantitative estimate of drug-likeness (QED) is 0.441. The fourth-order valence-corrected chi connectivity index (χ4v) is 8.05. The van der Waals surface area contributed by atoms with Crippen LogP contribution in [0, 0.1) is 47.3 Å². The highest BCUT2D eigenvalue weighted by atomic mass is 14.5. The average Bonchev–Trinajstić information content (AvgIpc) is 2.59. The monoisotopic (exact) mass is 312 g/mol. The van der Waals surface area contributed by atoms with E-state index in [0.29, 0.717) is 0 Å². The lowest BCUT2D eigenvalue weighted by atomic mass is 9.50. The predicted molar refractivity (Wildman–Crippen MR) is 97.1 cm³/mol. The molecule has 0 heteroatoms. The minimum absolute atomic E-state index is 0.927. The molecule has 0 spiro atoms. The summed E-state index contributed by atoms with van der Waals surface area (Å²) in [6.07, 6.45) is 20.1. The Morgan fingerprint density at radius 2 is 0.826 bits per heavy atom. The summed E-state index contributed by atoms with van der Waals surface area (Å²) in [5.74, 6) is 8.26. The molecule has 0 nitrogen and oxygen atoms in total. The summed E-state index contributed by atoms with van der Waals surface area (Å²) >= 11 is 0. The molecule has 0 amide bonds. The number of hydrogen-bond acceptors (Lipinski definition) is 0. The smallest absolute Gasteiger partial charge is 0.0172 e. The van der Waals surface area contributed by atoms with Gasteiger partial charge in [0.15, 0.2) is 0 Å². The van der Waals surface area contributed by atoms with Crippen LogP contribution in [-0.4, -0.2) is 0 Å². The van der Waals surface area contributed by atoms with Gasteiger partial charge in [-0.15, -0.1) is 0 Å². The van der Waals surface area contributed by atoms with Crippen LogP contribution >= 0.6 is 0 Å². The van der Waals surface area contributed by atoms with Crippen LogP contribution in [0.3, 0.4) is 0 Å². The van der Waals surface area contributed by atoms with Crippen molar-refractivity contribution >= 4 is 0 Å². The van der Waals surface area contributed by atoms with Gasteiger partial charge >= 0.3 is 0 Å². The summed E-state index contributed by atoms with van der Waals surface area (Å²) in [4.78, 5) is 0. The molecule has 5 aliphatic rings. The van der Waals surface area contributed by atoms with E-state index in [1.807, 2.05) is 0 Å². The Balaban J connectivity index is 1.35. The molecule has 8 atom stereocenters. The molecule has 5 saturated carbocycles. The van der Waals surface area contributed by atoms with Gasteiger partial charge in [-0.3, -0.25) is 0 Å². The maximum absolute atomic E-state index is 4.76. The topological polar surface area (TPSA) is 0 Å². The van der Waals surface area contributed by atoms with Gasteiger partial charge in [0.2, 0.25) is 0 Å². The van der Waals surface area contributed by atoms with Crippen LogP contribution in [0.1, 0.15) is 83.5 Å². The van der Waals surface area contributed by atoms with Crippen LogP contribution in [0.2, 0.25) is 0 Å². The van der Waals surface area contributed by atoms with E-state index in [4.69, 9.17) is 6.58 Å². The molecule has 0 bridgehead atoms. The van der Waals surface area contributed by atoms with Gasteiger partial charge in [-0.1, -0.05) is 63.5 Å². The van der Waals surface area contributed by atoms with Crippen LogP contribution in [0.15, 0.2) is 12.2 Å². The highest BCUT2D eigenvalue weighted by molar-refractivity contribution is 5.17. The Bertz CT molecular complexity index is 423. The Hall–Kier alpha value is -0.260. The first-order valence-electron chi connectivity index (χ1n) is 11.0. The van der Waals surface area contributed by atoms with Crippen molar-refractivity contribution in [1.82, 2.24) is 0 Å². The molecule has 23 heavy (non-hydrogen) atoms. The zero-order chi connectivity index (χ0) is 15.4. The molecule has 0 N–H and O–H groups in total. The van der Waals surface area contributed by atoms with Crippen LogP contribution < -0.4 is 0 Å². The van der Waals surface area contributed by atoms with E-state index in [0.717, 1.165) is 47.3 Å². The molecule has 5 rings (SSSR count). The van der Waals surface area contributed by atoms with Crippen molar-refractivity contribution in [3.05, 3.63) is 12.2 Å². The number of fused-ring (bicyclic) bond motifs is 4. The molecule has 0 aromatic carbocycles. The van der Waals surface area contributed by atoms with E-state index in [1.165, 1.54) is 38.5 Å². The van der Waals surface area contributed by atoms with Gasteiger partial charge in [-0.2, -0.15) is 0 Å². The minimum Gasteiger partial charge on any atom is -0.0993 e. The molecular weight excluding hydrogens is 276 g/mol. The average molecular weight is 313 g/mol. The molecule has 0 aromatic rings. The molecule has 5 aliphatic carbocycles. The van der Waals surface area contributed by atoms with Crippen molar-refractivity contribution < 1.29 is 0 Å². The minimum atomic E-state index is 0.927. The van der Waals surface area contributed by atoms with Crippen LogP contribution in [-0.2, 0) is 0 Å². The lowest BCUT2D eigenvalue weighted by Gasteiger charge is -2.55. The van der Waals surface area contributed by atoms with E-state index in [-0.39, 0.29) is 0 Å². The van der Waals surface area contributed by atoms with Gasteiger partial charge in [0, 0.05) is 0 Å². The largest absolute Gasteiger partial charge is 0.0993 e. The molecule has 0 saturated heterocycles. The van der Waals surface area contributed by atoms with Gasteiger partial charge in [-0.05, 0) is 79.4 Å². The molecule has 0 aliphatic heterocycles. The second kappa shape index (κ2) is 5.92. The van der Waals surface area contributed by atoms with Gasteiger partial charge in [0.1, 0.15) is 0 Å². The molecule has 8 unspecified atom stereocenters. The van der Waals surface area contributed by atoms with Crippen molar-refractivity contribution in [1.29, 1.82) is 0 Å². The summed E-state index contributed by atoms with van der Waals surface area (Å²) < 4.78 is 0. The first-order valence-corrected chi connectivity index (χ1v) is 11.0. The van der Waals surface area contributed by atoms with Gasteiger partial charge in [-0.25, -0.2) is 0 Å². The summed E-state index contributed by atoms with van der Waals surface area (Å²) in [7, 11) is 0. The standard InChI is InChI=1S/C23H36/c1-15-22-13-18-8-4-2-6-16(18)10-20(22)12-21-11-17-7-3-5-9-19(17)14-23(15)21/h16-23H,1-14H2. The van der Waals surface area contributed by atoms with E-state index in [9.17, 15) is 0 Å². The third kappa shape index (κ3) is 2.54. The normalized spacial score (nSPS) is 52.8. The number of allylic oxidation sites excluding steroid dienone is 1. The molecule has 128 valence electrons. The Morgan fingerprint density at radius 3 is 1.26 bits per heavy atom. The maximum Gasteiger partial charge on any atom is -0.0172 e. The summed E-state index contributed by atoms with van der Waals surface area (Å²) in [6, 6.07) is 0. The summed E-state index contributed by atoms with van der Waals surface area (Å²) in [5.41, 5.74) is 1.75. The van der Waals surface area contributed by atoms with Crippen LogP contribution in [0.4, 0.5) is 0 Å².